The molecule has 7 heteroatoms. The van der Waals surface area contributed by atoms with Crippen LogP contribution in [-0.4, -0.2) is 40.0 Å². The Morgan fingerprint density at radius 1 is 1.00 bits per heavy atom. The highest BCUT2D eigenvalue weighted by molar-refractivity contribution is 6.03. The Morgan fingerprint density at radius 3 is 2.19 bits per heavy atom. The van der Waals surface area contributed by atoms with E-state index < -0.39 is 36.2 Å². The molecule has 7 nitrogen and oxygen atoms in total. The number of nitrogens with two attached hydrogens (primary N) is 1. The van der Waals surface area contributed by atoms with Gasteiger partial charge in [-0.25, -0.2) is 0 Å². The van der Waals surface area contributed by atoms with E-state index in [1.807, 2.05) is 0 Å². The zero-order chi connectivity index (χ0) is 19.1. The van der Waals surface area contributed by atoms with E-state index in [4.69, 9.17) is 10.8 Å². The molecular weight excluding hydrogens is 336 g/mol. The first-order chi connectivity index (χ1) is 12.4. The number of carbonyl (C=O) groups is 3. The normalized spacial score (nSPS) is 12.8. The van der Waals surface area contributed by atoms with Crippen molar-refractivity contribution in [2.45, 2.75) is 24.9 Å². The zero-order valence-corrected chi connectivity index (χ0v) is 14.0. The summed E-state index contributed by atoms with van der Waals surface area (Å²) >= 11 is 0. The van der Waals surface area contributed by atoms with E-state index in [0.29, 0.717) is 5.56 Å². The number of nitrogens with one attached hydrogen (secondary N) is 1. The second-order valence-corrected chi connectivity index (χ2v) is 5.87. The van der Waals surface area contributed by atoms with Crippen LogP contribution in [0.4, 0.5) is 0 Å². The number of ketones is 1. The summed E-state index contributed by atoms with van der Waals surface area (Å²) in [6, 6.07) is 12.2. The predicted octanol–water partition coefficient (Wildman–Crippen LogP) is 1.10. The van der Waals surface area contributed by atoms with Crippen molar-refractivity contribution in [1.82, 2.24) is 5.32 Å². The van der Waals surface area contributed by atoms with Gasteiger partial charge in [-0.3, -0.25) is 14.4 Å². The number of carboxylic acid groups (broad SMARTS) is 1. The summed E-state index contributed by atoms with van der Waals surface area (Å²) in [5, 5.41) is 20.7. The molecule has 0 aliphatic heterocycles. The minimum Gasteiger partial charge on any atom is -0.508 e. The number of carboxylic acids is 1. The summed E-state index contributed by atoms with van der Waals surface area (Å²) in [5.74, 6) is -2.21. The van der Waals surface area contributed by atoms with Gasteiger partial charge in [0.15, 0.2) is 5.78 Å². The van der Waals surface area contributed by atoms with Crippen LogP contribution in [-0.2, 0) is 16.0 Å². The highest BCUT2D eigenvalue weighted by atomic mass is 16.4. The molecule has 0 fully saturated rings. The van der Waals surface area contributed by atoms with Gasteiger partial charge < -0.3 is 21.3 Å². The lowest BCUT2D eigenvalue weighted by molar-refractivity contribution is -0.137. The lowest BCUT2D eigenvalue weighted by Gasteiger charge is -2.19. The van der Waals surface area contributed by atoms with Crippen LogP contribution in [0.25, 0.3) is 0 Å². The molecule has 0 aliphatic carbocycles. The van der Waals surface area contributed by atoms with E-state index in [9.17, 15) is 19.5 Å². The van der Waals surface area contributed by atoms with Crippen LogP contribution in [0.2, 0.25) is 0 Å². The number of rotatable bonds is 8. The maximum Gasteiger partial charge on any atom is 0.305 e. The first kappa shape index (κ1) is 19.1. The maximum absolute atomic E-state index is 12.5. The molecule has 0 saturated carbocycles. The van der Waals surface area contributed by atoms with E-state index in [0.717, 1.165) is 5.56 Å². The fourth-order valence-electron chi connectivity index (χ4n) is 2.44. The maximum atomic E-state index is 12.5. The lowest BCUT2D eigenvalue weighted by Crippen LogP contribution is -2.49. The van der Waals surface area contributed by atoms with E-state index in [1.165, 1.54) is 12.1 Å². The van der Waals surface area contributed by atoms with Gasteiger partial charge in [0.05, 0.1) is 12.5 Å². The molecule has 0 heterocycles. The van der Waals surface area contributed by atoms with E-state index in [-0.39, 0.29) is 12.2 Å². The Hall–Kier alpha value is -3.19. The molecule has 1 amide bonds. The second-order valence-electron chi connectivity index (χ2n) is 5.87. The number of Topliss-reactive ketones (excluding diaryl/α,β-unsaturated/α-hetero) is 1. The molecule has 5 N–H and O–H groups in total. The molecule has 0 radical (unpaired) electrons. The first-order valence-corrected chi connectivity index (χ1v) is 8.01. The van der Waals surface area contributed by atoms with Crippen LogP contribution in [0, 0.1) is 0 Å². The van der Waals surface area contributed by atoms with Crippen molar-refractivity contribution in [3.63, 3.8) is 0 Å². The Morgan fingerprint density at radius 2 is 1.62 bits per heavy atom. The quantitative estimate of drug-likeness (QED) is 0.524. The average Bonchev–Trinajstić information content (AvgIpc) is 2.62. The van der Waals surface area contributed by atoms with E-state index in [2.05, 4.69) is 5.32 Å². The lowest BCUT2D eigenvalue weighted by atomic mass is 10.00. The average molecular weight is 356 g/mol. The van der Waals surface area contributed by atoms with Crippen molar-refractivity contribution in [3.8, 4) is 5.75 Å². The Kier molecular flexibility index (Phi) is 6.46. The third-order valence-electron chi connectivity index (χ3n) is 3.80. The largest absolute Gasteiger partial charge is 0.508 e. The summed E-state index contributed by atoms with van der Waals surface area (Å²) in [5.41, 5.74) is 6.91. The Bertz CT molecular complexity index is 774. The van der Waals surface area contributed by atoms with Crippen molar-refractivity contribution in [3.05, 3.63) is 65.7 Å². The molecule has 2 aromatic rings. The van der Waals surface area contributed by atoms with Crippen molar-refractivity contribution in [2.24, 2.45) is 5.73 Å². The Labute approximate surface area is 150 Å². The van der Waals surface area contributed by atoms with Gasteiger partial charge in [-0.1, -0.05) is 42.5 Å². The molecule has 0 spiro atoms. The van der Waals surface area contributed by atoms with Crippen molar-refractivity contribution < 1.29 is 24.6 Å². The number of amides is 1. The fourth-order valence-corrected chi connectivity index (χ4v) is 2.44. The number of benzene rings is 2. The molecule has 136 valence electrons. The molecule has 2 rings (SSSR count). The van der Waals surface area contributed by atoms with Gasteiger partial charge in [0.1, 0.15) is 11.8 Å². The topological polar surface area (TPSA) is 130 Å². The van der Waals surface area contributed by atoms with Crippen LogP contribution in [0.1, 0.15) is 22.3 Å². The molecule has 0 bridgehead atoms. The van der Waals surface area contributed by atoms with Crippen LogP contribution >= 0.6 is 0 Å². The molecular formula is C19H20N2O5. The number of phenolic OH excluding ortho intramolecular Hbond substituents is 1. The number of aliphatic carboxylic acids is 1. The number of hydrogen-bond donors (Lipinski definition) is 4. The van der Waals surface area contributed by atoms with Gasteiger partial charge in [-0.05, 0) is 24.1 Å². The highest BCUT2D eigenvalue weighted by Gasteiger charge is 2.26. The van der Waals surface area contributed by atoms with E-state index >= 15 is 0 Å². The third-order valence-corrected chi connectivity index (χ3v) is 3.80. The number of phenols is 1. The molecule has 0 saturated heterocycles. The standard InChI is InChI=1S/C19H20N2O5/c20-15(10-12-6-8-14(22)9-7-12)19(26)21-16(11-17(23)24)18(25)13-4-2-1-3-5-13/h1-9,15-16,22H,10-11,20H2,(H,21,26)(H,23,24)/t15-,16-/m0/s1. The fraction of sp³-hybridized carbons (Fsp3) is 0.211. The van der Waals surface area contributed by atoms with Gasteiger partial charge in [0, 0.05) is 5.56 Å². The van der Waals surface area contributed by atoms with E-state index in [1.54, 1.807) is 42.5 Å². The number of hydrogen-bond acceptors (Lipinski definition) is 5. The number of aromatic hydroxyl groups is 1. The monoisotopic (exact) mass is 356 g/mol. The predicted molar refractivity (Wildman–Crippen MR) is 94.7 cm³/mol. The van der Waals surface area contributed by atoms with Gasteiger partial charge in [-0.2, -0.15) is 0 Å². The minimum absolute atomic E-state index is 0.0988. The molecule has 0 aromatic heterocycles. The summed E-state index contributed by atoms with van der Waals surface area (Å²) in [6.07, 6.45) is -0.350. The van der Waals surface area contributed by atoms with Crippen molar-refractivity contribution in [1.29, 1.82) is 0 Å². The van der Waals surface area contributed by atoms with Gasteiger partial charge in [0.25, 0.3) is 0 Å². The smallest absolute Gasteiger partial charge is 0.305 e. The molecule has 0 aliphatic rings. The van der Waals surface area contributed by atoms with Gasteiger partial charge in [-0.15, -0.1) is 0 Å². The Balaban J connectivity index is 2.06. The molecule has 0 unspecified atom stereocenters. The molecule has 2 atom stereocenters. The molecule has 2 aromatic carbocycles. The summed E-state index contributed by atoms with van der Waals surface area (Å²) in [4.78, 5) is 35.9. The van der Waals surface area contributed by atoms with Crippen molar-refractivity contribution in [2.75, 3.05) is 0 Å². The summed E-state index contributed by atoms with van der Waals surface area (Å²) in [7, 11) is 0. The SMILES string of the molecule is N[C@@H](Cc1ccc(O)cc1)C(=O)N[C@@H](CC(=O)O)C(=O)c1ccccc1. The van der Waals surface area contributed by atoms with Gasteiger partial charge >= 0.3 is 5.97 Å². The number of carbonyl (C=O) groups excluding carboxylic acids is 2. The zero-order valence-electron chi connectivity index (χ0n) is 14.0. The second kappa shape index (κ2) is 8.77. The molecule has 26 heavy (non-hydrogen) atoms. The van der Waals surface area contributed by atoms with Gasteiger partial charge in [0.2, 0.25) is 5.91 Å². The minimum atomic E-state index is -1.20. The van der Waals surface area contributed by atoms with Crippen LogP contribution in [0.5, 0.6) is 5.75 Å². The highest BCUT2D eigenvalue weighted by Crippen LogP contribution is 2.11. The first-order valence-electron chi connectivity index (χ1n) is 8.01. The summed E-state index contributed by atoms with van der Waals surface area (Å²) in [6.45, 7) is 0. The summed E-state index contributed by atoms with van der Waals surface area (Å²) < 4.78 is 0. The van der Waals surface area contributed by atoms with Crippen LogP contribution in [0.3, 0.4) is 0 Å². The van der Waals surface area contributed by atoms with Crippen molar-refractivity contribution >= 4 is 17.7 Å². The van der Waals surface area contributed by atoms with Crippen LogP contribution in [0.15, 0.2) is 54.6 Å². The van der Waals surface area contributed by atoms with Crippen LogP contribution < -0.4 is 11.1 Å². The third kappa shape index (κ3) is 5.42.